The van der Waals surface area contributed by atoms with Crippen molar-refractivity contribution in [2.45, 2.75) is 278 Å². The van der Waals surface area contributed by atoms with Crippen LogP contribution >= 0.6 is 0 Å². The number of nitrogens with zero attached hydrogens (tertiary/aromatic N) is 6. The molecule has 69 heavy (non-hydrogen) atoms. The van der Waals surface area contributed by atoms with Crippen LogP contribution in [0.25, 0.3) is 0 Å². The third-order valence-electron chi connectivity index (χ3n) is 17.6. The van der Waals surface area contributed by atoms with E-state index in [9.17, 15) is 0 Å². The second kappa shape index (κ2) is 42.0. The normalized spacial score (nSPS) is 22.8. The lowest BCUT2D eigenvalue weighted by molar-refractivity contribution is 0.112. The molecule has 5 heterocycles. The molecular formula is C63H134N6. The first-order valence-corrected chi connectivity index (χ1v) is 30.8. The lowest BCUT2D eigenvalue weighted by Gasteiger charge is -2.36. The number of piperazine rings is 1. The van der Waals surface area contributed by atoms with Crippen LogP contribution in [0.3, 0.4) is 0 Å². The minimum absolute atomic E-state index is 0. The van der Waals surface area contributed by atoms with E-state index in [2.05, 4.69) is 147 Å². The van der Waals surface area contributed by atoms with E-state index in [4.69, 9.17) is 0 Å². The van der Waals surface area contributed by atoms with E-state index in [0.29, 0.717) is 0 Å². The van der Waals surface area contributed by atoms with Gasteiger partial charge in [0, 0.05) is 50.3 Å². The number of piperidine rings is 4. The third kappa shape index (κ3) is 33.3. The Labute approximate surface area is 438 Å². The quantitative estimate of drug-likeness (QED) is 0.228. The first-order chi connectivity index (χ1) is 32.4. The molecule has 0 unspecified atom stereocenters. The fourth-order valence-electron chi connectivity index (χ4n) is 11.5. The Morgan fingerprint density at radius 3 is 0.812 bits per heavy atom. The fourth-order valence-corrected chi connectivity index (χ4v) is 11.5. The summed E-state index contributed by atoms with van der Waals surface area (Å²) in [6, 6.07) is 3.03. The molecule has 7 aliphatic rings. The van der Waals surface area contributed by atoms with Crippen molar-refractivity contribution >= 4 is 0 Å². The van der Waals surface area contributed by atoms with Crippen LogP contribution in [-0.4, -0.2) is 145 Å². The highest BCUT2D eigenvalue weighted by Gasteiger charge is 2.21. The lowest BCUT2D eigenvalue weighted by atomic mass is 9.82. The number of likely N-dealkylation sites (N-methyl/N-ethyl adjacent to an activating group) is 1. The molecule has 0 aromatic rings. The summed E-state index contributed by atoms with van der Waals surface area (Å²) >= 11 is 0. The molecule has 0 aromatic carbocycles. The number of hydrogen-bond donors (Lipinski definition) is 0. The Morgan fingerprint density at radius 1 is 0.290 bits per heavy atom. The van der Waals surface area contributed by atoms with Gasteiger partial charge in [0.15, 0.2) is 0 Å². The molecule has 2 aliphatic carbocycles. The second-order valence-corrected chi connectivity index (χ2v) is 25.1. The van der Waals surface area contributed by atoms with Crippen molar-refractivity contribution in [1.82, 2.24) is 29.4 Å². The summed E-state index contributed by atoms with van der Waals surface area (Å²) in [6.45, 7) is 57.4. The summed E-state index contributed by atoms with van der Waals surface area (Å²) in [5.41, 5.74) is 0. The van der Waals surface area contributed by atoms with Gasteiger partial charge < -0.3 is 24.5 Å². The molecule has 0 radical (unpaired) electrons. The molecule has 0 amide bonds. The van der Waals surface area contributed by atoms with Crippen LogP contribution in [0.5, 0.6) is 0 Å². The minimum Gasteiger partial charge on any atom is -0.304 e. The Hall–Kier alpha value is -0.240. The van der Waals surface area contributed by atoms with Crippen LogP contribution in [-0.2, 0) is 0 Å². The first-order valence-electron chi connectivity index (χ1n) is 30.8. The van der Waals surface area contributed by atoms with E-state index < -0.39 is 0 Å². The highest BCUT2D eigenvalue weighted by atomic mass is 15.3. The van der Waals surface area contributed by atoms with Gasteiger partial charge in [-0.1, -0.05) is 147 Å². The summed E-state index contributed by atoms with van der Waals surface area (Å²) in [4.78, 5) is 15.3. The van der Waals surface area contributed by atoms with Gasteiger partial charge in [-0.15, -0.1) is 0 Å². The smallest absolute Gasteiger partial charge is 0.0113 e. The average Bonchev–Trinajstić information content (AvgIpc) is 3.36. The van der Waals surface area contributed by atoms with Crippen molar-refractivity contribution in [3.8, 4) is 0 Å². The van der Waals surface area contributed by atoms with E-state index >= 15 is 0 Å². The van der Waals surface area contributed by atoms with Crippen LogP contribution in [0, 0.1) is 41.4 Å². The van der Waals surface area contributed by atoms with Crippen molar-refractivity contribution in [3.63, 3.8) is 0 Å². The molecule has 5 saturated heterocycles. The van der Waals surface area contributed by atoms with Gasteiger partial charge in [0.1, 0.15) is 0 Å². The second-order valence-electron chi connectivity index (χ2n) is 25.1. The molecule has 416 valence electrons. The summed E-state index contributed by atoms with van der Waals surface area (Å²) in [7, 11) is 0. The Bertz CT molecular complexity index is 941. The summed E-state index contributed by atoms with van der Waals surface area (Å²) < 4.78 is 0. The molecule has 0 atom stereocenters. The van der Waals surface area contributed by atoms with Crippen LogP contribution in [0.4, 0.5) is 0 Å². The van der Waals surface area contributed by atoms with Crippen LogP contribution in [0.15, 0.2) is 0 Å². The summed E-state index contributed by atoms with van der Waals surface area (Å²) in [5, 5.41) is 0. The van der Waals surface area contributed by atoms with Crippen molar-refractivity contribution in [2.24, 2.45) is 41.4 Å². The third-order valence-corrected chi connectivity index (χ3v) is 17.6. The maximum absolute atomic E-state index is 2.57. The zero-order valence-electron chi connectivity index (χ0n) is 50.1. The minimum atomic E-state index is 0. The molecule has 0 N–H and O–H groups in total. The largest absolute Gasteiger partial charge is 0.304 e. The van der Waals surface area contributed by atoms with Gasteiger partial charge in [0.25, 0.3) is 0 Å². The monoisotopic (exact) mass is 975 g/mol. The van der Waals surface area contributed by atoms with Gasteiger partial charge in [-0.3, -0.25) is 4.90 Å². The van der Waals surface area contributed by atoms with Crippen molar-refractivity contribution in [2.75, 3.05) is 91.6 Å². The Balaban J connectivity index is 0.000000781. The van der Waals surface area contributed by atoms with E-state index in [0.717, 1.165) is 65.6 Å². The molecule has 5 aliphatic heterocycles. The van der Waals surface area contributed by atoms with Crippen LogP contribution in [0.1, 0.15) is 254 Å². The predicted octanol–water partition coefficient (Wildman–Crippen LogP) is 16.4. The van der Waals surface area contributed by atoms with Gasteiger partial charge in [0.05, 0.1) is 0 Å². The van der Waals surface area contributed by atoms with E-state index in [1.807, 2.05) is 0 Å². The summed E-state index contributed by atoms with van der Waals surface area (Å²) in [5.74, 6) is 6.84. The Kier molecular flexibility index (Phi) is 41.9. The molecule has 6 nitrogen and oxygen atoms in total. The number of hydrogen-bond acceptors (Lipinski definition) is 6. The molecule has 7 fully saturated rings. The van der Waals surface area contributed by atoms with Gasteiger partial charge in [0.2, 0.25) is 0 Å². The standard InChI is InChI=1S/C10H21N.C9H20N2.C9H19N.2C9H18.2C8H17N.CH4/c1-4-11-7-5-10(6-8-11)9(2)3;1-4-10-5-7-11(8-6-10)9(2)3;1-8(2)10-6-4-9(3)5-7-10;4*1-8(2)9-6-4-3-5-7-9;/h9-10H,4-8H2,1-3H3;9H,4-8H2,1-3H3;8-9H,4-7H2,1-3H3;2*8-9H,3-7H2,1-2H3;2*8H,3-7H2,1-2H3;1H4. The highest BCUT2D eigenvalue weighted by Crippen LogP contribution is 2.30. The molecule has 6 heteroatoms. The Morgan fingerprint density at radius 2 is 0.551 bits per heavy atom. The zero-order chi connectivity index (χ0) is 50.9. The zero-order valence-corrected chi connectivity index (χ0v) is 50.1. The van der Waals surface area contributed by atoms with E-state index in [-0.39, 0.29) is 7.43 Å². The first kappa shape index (κ1) is 68.8. The van der Waals surface area contributed by atoms with Crippen LogP contribution in [0.2, 0.25) is 0 Å². The molecule has 7 rings (SSSR count). The number of rotatable bonds is 9. The van der Waals surface area contributed by atoms with Crippen molar-refractivity contribution in [1.29, 1.82) is 0 Å². The lowest BCUT2D eigenvalue weighted by Crippen LogP contribution is -2.48. The average molecular weight is 976 g/mol. The molecule has 0 spiro atoms. The topological polar surface area (TPSA) is 19.4 Å². The number of likely N-dealkylation sites (tertiary alicyclic amines) is 4. The molecular weight excluding hydrogens is 841 g/mol. The van der Waals surface area contributed by atoms with Gasteiger partial charge >= 0.3 is 0 Å². The molecule has 0 bridgehead atoms. The molecule has 0 aromatic heterocycles. The molecule has 2 saturated carbocycles. The van der Waals surface area contributed by atoms with E-state index in [1.165, 1.54) is 220 Å². The predicted molar refractivity (Wildman–Crippen MR) is 314 cm³/mol. The van der Waals surface area contributed by atoms with Crippen LogP contribution < -0.4 is 0 Å². The van der Waals surface area contributed by atoms with E-state index in [1.54, 1.807) is 0 Å². The summed E-state index contributed by atoms with van der Waals surface area (Å²) in [6.07, 6.45) is 29.1. The van der Waals surface area contributed by atoms with Gasteiger partial charge in [-0.25, -0.2) is 0 Å². The van der Waals surface area contributed by atoms with Crippen molar-refractivity contribution in [3.05, 3.63) is 0 Å². The maximum Gasteiger partial charge on any atom is 0.0113 e. The van der Waals surface area contributed by atoms with Crippen molar-refractivity contribution < 1.29 is 0 Å². The maximum atomic E-state index is 2.57. The highest BCUT2D eigenvalue weighted by molar-refractivity contribution is 4.76. The van der Waals surface area contributed by atoms with Gasteiger partial charge in [-0.05, 0) is 214 Å². The van der Waals surface area contributed by atoms with Gasteiger partial charge in [-0.2, -0.15) is 0 Å². The SMILES string of the molecule is C.CC(C)C1CCCCC1.CC(C)C1CCCCC1.CC(C)N1CCCCC1.CC(C)N1CCCCC1.CC1CCN(C(C)C)CC1.CCN1CCC(C(C)C)CC1.CCN1CCN(C(C)C)CC1. The fraction of sp³-hybridized carbons (Fsp3) is 1.00.